The van der Waals surface area contributed by atoms with Crippen LogP contribution in [0.25, 0.3) is 0 Å². The summed E-state index contributed by atoms with van der Waals surface area (Å²) in [5.74, 6) is -0.250. The third kappa shape index (κ3) is 3.84. The zero-order chi connectivity index (χ0) is 18.0. The third-order valence-corrected chi connectivity index (χ3v) is 5.09. The molecule has 0 aliphatic carbocycles. The maximum absolute atomic E-state index is 12.7. The van der Waals surface area contributed by atoms with Gasteiger partial charge in [0, 0.05) is 17.3 Å². The molecule has 3 rings (SSSR count). The molecule has 0 bridgehead atoms. The normalized spacial score (nSPS) is 14.6. The van der Waals surface area contributed by atoms with Gasteiger partial charge in [-0.15, -0.1) is 0 Å². The number of nitrogens with zero attached hydrogens (tertiary/aromatic N) is 2. The third-order valence-electron chi connectivity index (χ3n) is 3.61. The number of benzene rings is 2. The van der Waals surface area contributed by atoms with Crippen LogP contribution < -0.4 is 5.43 Å². The highest BCUT2D eigenvalue weighted by molar-refractivity contribution is 8.02. The van der Waals surface area contributed by atoms with Gasteiger partial charge in [-0.2, -0.15) is 4.41 Å². The highest BCUT2D eigenvalue weighted by atomic mass is 35.5. The summed E-state index contributed by atoms with van der Waals surface area (Å²) in [7, 11) is 0. The summed E-state index contributed by atoms with van der Waals surface area (Å²) in [5.41, 5.74) is 5.01. The van der Waals surface area contributed by atoms with Crippen LogP contribution in [0.2, 0.25) is 5.02 Å². The monoisotopic (exact) mass is 375 g/mol. The van der Waals surface area contributed by atoms with Crippen LogP contribution in [-0.4, -0.2) is 21.7 Å². The zero-order valence-corrected chi connectivity index (χ0v) is 14.8. The lowest BCUT2D eigenvalue weighted by Gasteiger charge is -2.17. The number of hydrogen-bond acceptors (Lipinski definition) is 6. The number of para-hydroxylation sites is 1. The molecule has 0 unspecified atom stereocenters. The van der Waals surface area contributed by atoms with Crippen molar-refractivity contribution >= 4 is 40.7 Å². The van der Waals surface area contributed by atoms with Crippen molar-refractivity contribution in [3.63, 3.8) is 0 Å². The minimum atomic E-state index is -0.592. The number of anilines is 1. The quantitative estimate of drug-likeness (QED) is 0.353. The van der Waals surface area contributed by atoms with E-state index in [4.69, 9.17) is 11.6 Å². The van der Waals surface area contributed by atoms with Gasteiger partial charge in [0.15, 0.2) is 0 Å². The summed E-state index contributed by atoms with van der Waals surface area (Å²) < 4.78 is 1.85. The fourth-order valence-electron chi connectivity index (χ4n) is 2.39. The average molecular weight is 376 g/mol. The molecule has 2 aromatic carbocycles. The number of nitrogens with one attached hydrogen (secondary N) is 1. The molecule has 0 amide bonds. The number of nitro groups is 1. The van der Waals surface area contributed by atoms with E-state index in [1.807, 2.05) is 41.7 Å². The molecule has 0 saturated carbocycles. The first-order chi connectivity index (χ1) is 12.0. The Kier molecular flexibility index (Phi) is 5.08. The number of ketones is 1. The van der Waals surface area contributed by atoms with Gasteiger partial charge in [0.25, 0.3) is 5.69 Å². The Morgan fingerprint density at radius 3 is 2.68 bits per heavy atom. The number of allylic oxidation sites excluding steroid dienone is 1. The number of carbonyl (C=O) groups excluding carboxylic acids is 1. The molecular formula is C17H14ClN3O3S. The number of carbonyl (C=O) groups is 1. The van der Waals surface area contributed by atoms with Crippen LogP contribution in [0.5, 0.6) is 0 Å². The molecule has 6 nitrogen and oxygen atoms in total. The number of halogens is 1. The van der Waals surface area contributed by atoms with Crippen LogP contribution in [0.4, 0.5) is 11.4 Å². The Balaban J connectivity index is 1.77. The van der Waals surface area contributed by atoms with E-state index < -0.39 is 4.92 Å². The molecule has 0 atom stereocenters. The number of hydrazine groups is 1. The van der Waals surface area contributed by atoms with Crippen molar-refractivity contribution in [1.82, 2.24) is 4.41 Å². The Hall–Kier alpha value is -2.35. The minimum Gasteiger partial charge on any atom is -0.309 e. The molecule has 0 aromatic heterocycles. The Morgan fingerprint density at radius 1 is 1.28 bits per heavy atom. The predicted octanol–water partition coefficient (Wildman–Crippen LogP) is 4.70. The molecule has 1 aliphatic rings. The highest BCUT2D eigenvalue weighted by Gasteiger charge is 2.28. The van der Waals surface area contributed by atoms with Crippen molar-refractivity contribution in [1.29, 1.82) is 0 Å². The lowest BCUT2D eigenvalue weighted by molar-refractivity contribution is -0.384. The molecule has 8 heteroatoms. The molecule has 2 aromatic rings. The molecular weight excluding hydrogens is 362 g/mol. The average Bonchev–Trinajstić information content (AvgIpc) is 2.95. The molecule has 1 aliphatic heterocycles. The van der Waals surface area contributed by atoms with Crippen LogP contribution in [0, 0.1) is 10.1 Å². The van der Waals surface area contributed by atoms with Crippen LogP contribution in [0.1, 0.15) is 17.3 Å². The van der Waals surface area contributed by atoms with Crippen LogP contribution >= 0.6 is 23.5 Å². The first-order valence-corrected chi connectivity index (χ1v) is 8.56. The molecule has 1 heterocycles. The molecule has 1 N–H and O–H groups in total. The van der Waals surface area contributed by atoms with Gasteiger partial charge in [0.05, 0.1) is 16.4 Å². The Bertz CT molecular complexity index is 871. The minimum absolute atomic E-state index is 0.0127. The smallest absolute Gasteiger partial charge is 0.288 e. The van der Waals surface area contributed by atoms with Crippen molar-refractivity contribution in [2.75, 3.05) is 12.0 Å². The van der Waals surface area contributed by atoms with Gasteiger partial charge in [-0.25, -0.2) is 0 Å². The van der Waals surface area contributed by atoms with E-state index >= 15 is 0 Å². The van der Waals surface area contributed by atoms with Crippen LogP contribution in [-0.2, 0) is 0 Å². The van der Waals surface area contributed by atoms with Gasteiger partial charge in [-0.1, -0.05) is 29.8 Å². The van der Waals surface area contributed by atoms with E-state index in [1.54, 1.807) is 0 Å². The van der Waals surface area contributed by atoms with Crippen molar-refractivity contribution in [2.24, 2.45) is 0 Å². The molecule has 0 spiro atoms. The van der Waals surface area contributed by atoms with E-state index in [9.17, 15) is 14.9 Å². The lowest BCUT2D eigenvalue weighted by atomic mass is 10.1. The number of rotatable bonds is 5. The number of nitro benzene ring substituents is 1. The topological polar surface area (TPSA) is 75.5 Å². The lowest BCUT2D eigenvalue weighted by Crippen LogP contribution is -2.20. The molecule has 0 radical (unpaired) electrons. The van der Waals surface area contributed by atoms with Crippen LogP contribution in [0.15, 0.2) is 59.0 Å². The van der Waals surface area contributed by atoms with Crippen molar-refractivity contribution in [2.45, 2.75) is 6.92 Å². The standard InChI is InChI=1S/C17H14ClN3O3S/c1-11-10-20(19-13-5-3-2-4-6-13)25-17(11)16(22)12-7-8-14(18)15(9-12)21(23)24/h2-9,19H,10H2,1H3. The first-order valence-electron chi connectivity index (χ1n) is 7.41. The fraction of sp³-hybridized carbons (Fsp3) is 0.118. The largest absolute Gasteiger partial charge is 0.309 e. The van der Waals surface area contributed by atoms with Gasteiger partial charge < -0.3 is 5.43 Å². The summed E-state index contributed by atoms with van der Waals surface area (Å²) in [4.78, 5) is 23.7. The van der Waals surface area contributed by atoms with Crippen molar-refractivity contribution < 1.29 is 9.72 Å². The fourth-order valence-corrected chi connectivity index (χ4v) is 3.62. The van der Waals surface area contributed by atoms with Crippen LogP contribution in [0.3, 0.4) is 0 Å². The maximum Gasteiger partial charge on any atom is 0.288 e. The molecule has 128 valence electrons. The SMILES string of the molecule is CC1=C(C(=O)c2ccc(Cl)c([N+](=O)[O-])c2)SN(Nc2ccccc2)C1. The van der Waals surface area contributed by atoms with Crippen molar-refractivity contribution in [3.8, 4) is 0 Å². The Labute approximate surface area is 153 Å². The van der Waals surface area contributed by atoms with Gasteiger partial charge >= 0.3 is 0 Å². The number of Topliss-reactive ketones (excluding diaryl/α,β-unsaturated/α-hetero) is 1. The van der Waals surface area contributed by atoms with E-state index in [1.165, 1.54) is 30.1 Å². The molecule has 25 heavy (non-hydrogen) atoms. The van der Waals surface area contributed by atoms with E-state index in [0.717, 1.165) is 11.3 Å². The second-order valence-electron chi connectivity index (χ2n) is 5.47. The summed E-state index contributed by atoms with van der Waals surface area (Å²) in [6, 6.07) is 13.7. The molecule has 0 saturated heterocycles. The summed E-state index contributed by atoms with van der Waals surface area (Å²) in [6.45, 7) is 2.44. The van der Waals surface area contributed by atoms with Gasteiger partial charge in [0.1, 0.15) is 5.02 Å². The predicted molar refractivity (Wildman–Crippen MR) is 99.5 cm³/mol. The molecule has 0 fully saturated rings. The zero-order valence-electron chi connectivity index (χ0n) is 13.2. The second kappa shape index (κ2) is 7.26. The summed E-state index contributed by atoms with van der Waals surface area (Å²) >= 11 is 7.09. The second-order valence-corrected chi connectivity index (χ2v) is 6.91. The maximum atomic E-state index is 12.7. The summed E-state index contributed by atoms with van der Waals surface area (Å²) in [6.07, 6.45) is 0. The first kappa shape index (κ1) is 17.5. The number of hydrogen-bond donors (Lipinski definition) is 1. The highest BCUT2D eigenvalue weighted by Crippen LogP contribution is 2.36. The van der Waals surface area contributed by atoms with Gasteiger partial charge in [-0.05, 0) is 48.7 Å². The van der Waals surface area contributed by atoms with Gasteiger partial charge in [0.2, 0.25) is 5.78 Å². The summed E-state index contributed by atoms with van der Waals surface area (Å²) in [5, 5.41) is 11.0. The van der Waals surface area contributed by atoms with E-state index in [2.05, 4.69) is 5.43 Å². The van der Waals surface area contributed by atoms with Crippen molar-refractivity contribution in [3.05, 3.63) is 79.7 Å². The Morgan fingerprint density at radius 2 is 2.00 bits per heavy atom. The van der Waals surface area contributed by atoms with E-state index in [0.29, 0.717) is 11.4 Å². The van der Waals surface area contributed by atoms with Gasteiger partial charge in [-0.3, -0.25) is 14.9 Å². The van der Waals surface area contributed by atoms with E-state index in [-0.39, 0.29) is 22.1 Å².